The third kappa shape index (κ3) is 4.66. The Morgan fingerprint density at radius 2 is 1.79 bits per heavy atom. The Bertz CT molecular complexity index is 1260. The molecule has 0 aliphatic carbocycles. The molecule has 1 unspecified atom stereocenters. The summed E-state index contributed by atoms with van der Waals surface area (Å²) in [6.07, 6.45) is 0.751. The third-order valence-corrected chi connectivity index (χ3v) is 7.09. The summed E-state index contributed by atoms with van der Waals surface area (Å²) < 4.78 is 24.3. The third-order valence-electron chi connectivity index (χ3n) is 5.34. The smallest absolute Gasteiger partial charge is 0.207 e. The Kier molecular flexibility index (Phi) is 7.11. The van der Waals surface area contributed by atoms with Gasteiger partial charge in [-0.15, -0.1) is 39.7 Å². The number of thiophene rings is 1. The van der Waals surface area contributed by atoms with E-state index in [1.807, 2.05) is 34.7 Å². The molecule has 0 saturated carbocycles. The predicted octanol–water partition coefficient (Wildman–Crippen LogP) is 6.96. The second-order valence-corrected chi connectivity index (χ2v) is 9.01. The first-order valence-corrected chi connectivity index (χ1v) is 11.8. The van der Waals surface area contributed by atoms with E-state index in [0.717, 1.165) is 39.0 Å². The number of benzene rings is 2. The van der Waals surface area contributed by atoms with E-state index < -0.39 is 0 Å². The van der Waals surface area contributed by atoms with E-state index in [9.17, 15) is 4.39 Å². The Morgan fingerprint density at radius 1 is 1.00 bits per heavy atom. The van der Waals surface area contributed by atoms with Crippen LogP contribution in [0.1, 0.15) is 22.9 Å². The Balaban J connectivity index is 0.00000259. The summed E-state index contributed by atoms with van der Waals surface area (Å²) in [7, 11) is 3.27. The first-order valence-electron chi connectivity index (χ1n) is 10.00. The average Bonchev–Trinajstić information content (AvgIpc) is 3.59. The van der Waals surface area contributed by atoms with Crippen LogP contribution in [0.15, 0.2) is 70.5 Å². The van der Waals surface area contributed by atoms with Gasteiger partial charge in [0.1, 0.15) is 5.82 Å². The predicted molar refractivity (Wildman–Crippen MR) is 138 cm³/mol. The first kappa shape index (κ1) is 23.4. The molecule has 2 aromatic heterocycles. The van der Waals surface area contributed by atoms with Crippen molar-refractivity contribution in [1.82, 2.24) is 4.98 Å². The minimum Gasteiger partial charge on any atom is -0.493 e. The van der Waals surface area contributed by atoms with Gasteiger partial charge in [0.25, 0.3) is 0 Å². The number of hydrogen-bond donors (Lipinski definition) is 0. The van der Waals surface area contributed by atoms with Crippen LogP contribution in [0.3, 0.4) is 0 Å². The zero-order valence-corrected chi connectivity index (χ0v) is 21.2. The number of thiazole rings is 1. The minimum absolute atomic E-state index is 0. The highest BCUT2D eigenvalue weighted by molar-refractivity contribution is 8.93. The van der Waals surface area contributed by atoms with E-state index in [-0.39, 0.29) is 28.8 Å². The van der Waals surface area contributed by atoms with E-state index in [0.29, 0.717) is 11.5 Å². The van der Waals surface area contributed by atoms with Gasteiger partial charge in [0.2, 0.25) is 5.13 Å². The molecule has 0 amide bonds. The fraction of sp³-hybridized carbons (Fsp3) is 0.167. The molecule has 1 aliphatic rings. The maximum Gasteiger partial charge on any atom is 0.207 e. The molecule has 170 valence electrons. The van der Waals surface area contributed by atoms with Gasteiger partial charge >= 0.3 is 0 Å². The van der Waals surface area contributed by atoms with E-state index in [2.05, 4.69) is 11.4 Å². The largest absolute Gasteiger partial charge is 0.493 e. The topological polar surface area (TPSA) is 47.0 Å². The van der Waals surface area contributed by atoms with Crippen LogP contribution in [0.2, 0.25) is 0 Å². The highest BCUT2D eigenvalue weighted by Gasteiger charge is 2.32. The van der Waals surface area contributed by atoms with Crippen LogP contribution < -0.4 is 14.5 Å². The van der Waals surface area contributed by atoms with Crippen LogP contribution in [0.5, 0.6) is 11.5 Å². The maximum absolute atomic E-state index is 13.3. The average molecular weight is 546 g/mol. The Labute approximate surface area is 209 Å². The number of rotatable bonds is 6. The molecule has 0 saturated heterocycles. The lowest BCUT2D eigenvalue weighted by molar-refractivity contribution is 0.354. The Hall–Kier alpha value is -2.75. The van der Waals surface area contributed by atoms with E-state index in [1.165, 1.54) is 23.5 Å². The minimum atomic E-state index is -0.262. The van der Waals surface area contributed by atoms with Gasteiger partial charge in [-0.2, -0.15) is 5.10 Å². The van der Waals surface area contributed by atoms with Crippen molar-refractivity contribution >= 4 is 50.5 Å². The summed E-state index contributed by atoms with van der Waals surface area (Å²) in [6.45, 7) is 0. The monoisotopic (exact) mass is 545 g/mol. The number of methoxy groups -OCH3 is 2. The van der Waals surface area contributed by atoms with E-state index in [4.69, 9.17) is 19.6 Å². The van der Waals surface area contributed by atoms with E-state index in [1.54, 1.807) is 37.7 Å². The lowest BCUT2D eigenvalue weighted by Gasteiger charge is -2.22. The number of hydrogen-bond acceptors (Lipinski definition) is 7. The molecule has 5 nitrogen and oxygen atoms in total. The van der Waals surface area contributed by atoms with Gasteiger partial charge in [0, 0.05) is 17.4 Å². The van der Waals surface area contributed by atoms with Crippen molar-refractivity contribution in [3.8, 4) is 22.8 Å². The zero-order chi connectivity index (χ0) is 22.1. The summed E-state index contributed by atoms with van der Waals surface area (Å²) in [5.41, 5.74) is 3.77. The molecule has 9 heteroatoms. The van der Waals surface area contributed by atoms with Gasteiger partial charge < -0.3 is 9.47 Å². The molecule has 0 spiro atoms. The molecular formula is C24H21BrFN3O2S2. The van der Waals surface area contributed by atoms with Gasteiger partial charge in [-0.25, -0.2) is 14.4 Å². The summed E-state index contributed by atoms with van der Waals surface area (Å²) in [6, 6.07) is 16.4. The van der Waals surface area contributed by atoms with Crippen molar-refractivity contribution < 1.29 is 13.9 Å². The molecule has 1 aliphatic heterocycles. The molecule has 0 radical (unpaired) electrons. The SMILES string of the molecule is Br.COc1ccc(C2CC(c3cccs3)=NN2c2nc(-c3ccc(F)cc3)cs2)cc1OC. The quantitative estimate of drug-likeness (QED) is 0.262. The molecule has 1 atom stereocenters. The van der Waals surface area contributed by atoms with Crippen molar-refractivity contribution in [2.45, 2.75) is 12.5 Å². The summed E-state index contributed by atoms with van der Waals surface area (Å²) in [4.78, 5) is 5.97. The van der Waals surface area contributed by atoms with Crippen molar-refractivity contribution in [3.05, 3.63) is 81.6 Å². The van der Waals surface area contributed by atoms with Crippen molar-refractivity contribution in [2.75, 3.05) is 19.2 Å². The van der Waals surface area contributed by atoms with Gasteiger partial charge in [-0.05, 0) is 53.4 Å². The lowest BCUT2D eigenvalue weighted by Crippen LogP contribution is -2.18. The van der Waals surface area contributed by atoms with Crippen LogP contribution in [0.25, 0.3) is 11.3 Å². The first-order chi connectivity index (χ1) is 15.7. The molecule has 0 N–H and O–H groups in total. The van der Waals surface area contributed by atoms with Crippen molar-refractivity contribution in [3.63, 3.8) is 0 Å². The summed E-state index contributed by atoms with van der Waals surface area (Å²) in [5.74, 6) is 1.11. The fourth-order valence-electron chi connectivity index (χ4n) is 3.72. The van der Waals surface area contributed by atoms with E-state index >= 15 is 0 Å². The number of anilines is 1. The van der Waals surface area contributed by atoms with Gasteiger partial charge in [0.15, 0.2) is 11.5 Å². The summed E-state index contributed by atoms with van der Waals surface area (Å²) >= 11 is 3.20. The standard InChI is InChI=1S/C24H20FN3O2S2.BrH/c1-29-21-10-7-16(12-22(21)30-2)20-13-18(23-4-3-11-31-23)27-28(20)24-26-19(14-32-24)15-5-8-17(25)9-6-15;/h3-12,14,20H,13H2,1-2H3;1H. The summed E-state index contributed by atoms with van der Waals surface area (Å²) in [5, 5.41) is 11.8. The number of halogens is 2. The van der Waals surface area contributed by atoms with Crippen LogP contribution in [0.4, 0.5) is 9.52 Å². The van der Waals surface area contributed by atoms with Gasteiger partial charge in [-0.3, -0.25) is 0 Å². The van der Waals surface area contributed by atoms with Crippen LogP contribution in [-0.2, 0) is 0 Å². The molecule has 4 aromatic rings. The molecule has 0 bridgehead atoms. The lowest BCUT2D eigenvalue weighted by atomic mass is 10.0. The fourth-order valence-corrected chi connectivity index (χ4v) is 5.27. The Morgan fingerprint density at radius 3 is 2.48 bits per heavy atom. The second-order valence-electron chi connectivity index (χ2n) is 7.23. The molecule has 3 heterocycles. The second kappa shape index (κ2) is 10.0. The molecular weight excluding hydrogens is 525 g/mol. The van der Waals surface area contributed by atoms with Crippen LogP contribution in [-0.4, -0.2) is 24.9 Å². The normalized spacial score (nSPS) is 15.2. The van der Waals surface area contributed by atoms with Gasteiger partial charge in [-0.1, -0.05) is 12.1 Å². The highest BCUT2D eigenvalue weighted by atomic mass is 79.9. The zero-order valence-electron chi connectivity index (χ0n) is 17.9. The van der Waals surface area contributed by atoms with Crippen molar-refractivity contribution in [1.29, 1.82) is 0 Å². The van der Waals surface area contributed by atoms with Crippen LogP contribution in [0, 0.1) is 5.82 Å². The number of nitrogens with zero attached hydrogens (tertiary/aromatic N) is 3. The van der Waals surface area contributed by atoms with Crippen molar-refractivity contribution in [2.24, 2.45) is 5.10 Å². The molecule has 5 rings (SSSR count). The molecule has 33 heavy (non-hydrogen) atoms. The molecule has 2 aromatic carbocycles. The van der Waals surface area contributed by atoms with Crippen LogP contribution >= 0.6 is 39.7 Å². The molecule has 0 fully saturated rings. The number of hydrazone groups is 1. The number of ether oxygens (including phenoxy) is 2. The van der Waals surface area contributed by atoms with Gasteiger partial charge in [0.05, 0.1) is 36.5 Å². The maximum atomic E-state index is 13.3. The highest BCUT2D eigenvalue weighted by Crippen LogP contribution is 2.42. The number of aromatic nitrogens is 1.